The average molecular weight is 234 g/mol. The van der Waals surface area contributed by atoms with E-state index in [1.807, 2.05) is 36.4 Å². The quantitative estimate of drug-likeness (QED) is 0.750. The molecule has 0 bridgehead atoms. The number of fused-ring (bicyclic) bond motifs is 3. The molecule has 2 aromatic carbocycles. The van der Waals surface area contributed by atoms with E-state index >= 15 is 0 Å². The van der Waals surface area contributed by atoms with Gasteiger partial charge in [-0.3, -0.25) is 0 Å². The van der Waals surface area contributed by atoms with E-state index in [1.165, 1.54) is 0 Å². The highest BCUT2D eigenvalue weighted by atomic mass is 16.3. The molecule has 0 saturated carbocycles. The van der Waals surface area contributed by atoms with Gasteiger partial charge < -0.3 is 5.11 Å². The lowest BCUT2D eigenvalue weighted by atomic mass is 9.88. The van der Waals surface area contributed by atoms with Gasteiger partial charge in [-0.2, -0.15) is 0 Å². The monoisotopic (exact) mass is 234 g/mol. The van der Waals surface area contributed by atoms with Crippen LogP contribution >= 0.6 is 0 Å². The van der Waals surface area contributed by atoms with Crippen LogP contribution in [-0.4, -0.2) is 5.11 Å². The molecule has 3 rings (SSSR count). The van der Waals surface area contributed by atoms with E-state index in [1.54, 1.807) is 6.92 Å². The Hall–Kier alpha value is -2.04. The molecule has 0 radical (unpaired) electrons. The molecule has 0 spiro atoms. The maximum absolute atomic E-state index is 11.0. The Morgan fingerprint density at radius 1 is 0.944 bits per heavy atom. The SMILES string of the molecule is CC#CCC1(O)c2ccccc2-c2ccccc21. The second-order valence-corrected chi connectivity index (χ2v) is 4.55. The maximum Gasteiger partial charge on any atom is 0.127 e. The highest BCUT2D eigenvalue weighted by Crippen LogP contribution is 2.48. The van der Waals surface area contributed by atoms with Gasteiger partial charge >= 0.3 is 0 Å². The lowest BCUT2D eigenvalue weighted by Crippen LogP contribution is -2.23. The van der Waals surface area contributed by atoms with Crippen molar-refractivity contribution in [3.05, 3.63) is 59.7 Å². The van der Waals surface area contributed by atoms with E-state index in [2.05, 4.69) is 24.0 Å². The number of hydrogen-bond donors (Lipinski definition) is 1. The predicted octanol–water partition coefficient (Wildman–Crippen LogP) is 3.32. The summed E-state index contributed by atoms with van der Waals surface area (Å²) in [6, 6.07) is 16.1. The fourth-order valence-electron chi connectivity index (χ4n) is 2.71. The molecule has 0 heterocycles. The van der Waals surface area contributed by atoms with Crippen LogP contribution in [0.2, 0.25) is 0 Å². The van der Waals surface area contributed by atoms with Gasteiger partial charge in [0.25, 0.3) is 0 Å². The lowest BCUT2D eigenvalue weighted by Gasteiger charge is -2.23. The fraction of sp³-hybridized carbons (Fsp3) is 0.176. The van der Waals surface area contributed by atoms with Gasteiger partial charge in [0.2, 0.25) is 0 Å². The van der Waals surface area contributed by atoms with Gasteiger partial charge in [0, 0.05) is 6.42 Å². The summed E-state index contributed by atoms with van der Waals surface area (Å²) < 4.78 is 0. The molecule has 0 fully saturated rings. The van der Waals surface area contributed by atoms with Crippen molar-refractivity contribution in [3.8, 4) is 23.0 Å². The number of hydrogen-bond acceptors (Lipinski definition) is 1. The Labute approximate surface area is 107 Å². The molecule has 88 valence electrons. The normalized spacial score (nSPS) is 14.3. The summed E-state index contributed by atoms with van der Waals surface area (Å²) in [5.74, 6) is 5.88. The van der Waals surface area contributed by atoms with E-state index in [0.29, 0.717) is 6.42 Å². The standard InChI is InChI=1S/C17H14O/c1-2-3-12-17(18)15-10-6-4-8-13(15)14-9-5-7-11-16(14)17/h4-11,18H,12H2,1H3. The van der Waals surface area contributed by atoms with Gasteiger partial charge in [0.05, 0.1) is 0 Å². The van der Waals surface area contributed by atoms with Crippen LogP contribution < -0.4 is 0 Å². The van der Waals surface area contributed by atoms with Crippen LogP contribution in [0.4, 0.5) is 0 Å². The Kier molecular flexibility index (Phi) is 2.47. The van der Waals surface area contributed by atoms with Gasteiger partial charge in [0.1, 0.15) is 5.60 Å². The first-order valence-corrected chi connectivity index (χ1v) is 6.09. The van der Waals surface area contributed by atoms with Crippen LogP contribution in [0, 0.1) is 11.8 Å². The second kappa shape index (κ2) is 4.01. The molecule has 1 N–H and O–H groups in total. The molecule has 0 aromatic heterocycles. The summed E-state index contributed by atoms with van der Waals surface area (Å²) >= 11 is 0. The van der Waals surface area contributed by atoms with Crippen LogP contribution in [0.1, 0.15) is 24.5 Å². The molecule has 1 nitrogen and oxygen atoms in total. The molecule has 2 aromatic rings. The molecule has 0 amide bonds. The van der Waals surface area contributed by atoms with Crippen LogP contribution in [0.25, 0.3) is 11.1 Å². The van der Waals surface area contributed by atoms with Crippen molar-refractivity contribution in [1.29, 1.82) is 0 Å². The highest BCUT2D eigenvalue weighted by molar-refractivity contribution is 5.80. The molecule has 1 heteroatoms. The second-order valence-electron chi connectivity index (χ2n) is 4.55. The smallest absolute Gasteiger partial charge is 0.127 e. The van der Waals surface area contributed by atoms with Gasteiger partial charge in [-0.1, -0.05) is 54.5 Å². The first kappa shape index (κ1) is 11.1. The zero-order valence-corrected chi connectivity index (χ0v) is 10.3. The first-order valence-electron chi connectivity index (χ1n) is 6.09. The third-order valence-electron chi connectivity index (χ3n) is 3.56. The van der Waals surface area contributed by atoms with Crippen molar-refractivity contribution >= 4 is 0 Å². The number of benzene rings is 2. The Morgan fingerprint density at radius 2 is 1.44 bits per heavy atom. The summed E-state index contributed by atoms with van der Waals surface area (Å²) in [6.07, 6.45) is 0.442. The Bertz CT molecular complexity index is 613. The average Bonchev–Trinajstić information content (AvgIpc) is 2.69. The van der Waals surface area contributed by atoms with E-state index in [0.717, 1.165) is 22.3 Å². The molecule has 1 aliphatic carbocycles. The minimum Gasteiger partial charge on any atom is -0.379 e. The zero-order chi connectivity index (χ0) is 12.6. The maximum atomic E-state index is 11.0. The molecule has 18 heavy (non-hydrogen) atoms. The minimum absolute atomic E-state index is 0.442. The van der Waals surface area contributed by atoms with Crippen molar-refractivity contribution in [1.82, 2.24) is 0 Å². The molecular formula is C17H14O. The molecule has 0 unspecified atom stereocenters. The van der Waals surface area contributed by atoms with Crippen LogP contribution in [-0.2, 0) is 5.60 Å². The third-order valence-corrected chi connectivity index (χ3v) is 3.56. The summed E-state index contributed by atoms with van der Waals surface area (Å²) in [5, 5.41) is 11.0. The summed E-state index contributed by atoms with van der Waals surface area (Å²) in [7, 11) is 0. The molecular weight excluding hydrogens is 220 g/mol. The van der Waals surface area contributed by atoms with Gasteiger partial charge in [-0.05, 0) is 29.2 Å². The third kappa shape index (κ3) is 1.40. The van der Waals surface area contributed by atoms with E-state index in [-0.39, 0.29) is 0 Å². The minimum atomic E-state index is -0.962. The van der Waals surface area contributed by atoms with Crippen molar-refractivity contribution in [2.24, 2.45) is 0 Å². The van der Waals surface area contributed by atoms with Crippen molar-refractivity contribution in [2.75, 3.05) is 0 Å². The van der Waals surface area contributed by atoms with Crippen molar-refractivity contribution in [2.45, 2.75) is 18.9 Å². The first-order chi connectivity index (χ1) is 8.77. The van der Waals surface area contributed by atoms with Crippen LogP contribution in [0.3, 0.4) is 0 Å². The summed E-state index contributed by atoms with van der Waals surface area (Å²) in [6.45, 7) is 1.80. The summed E-state index contributed by atoms with van der Waals surface area (Å²) in [4.78, 5) is 0. The van der Waals surface area contributed by atoms with Crippen molar-refractivity contribution in [3.63, 3.8) is 0 Å². The fourth-order valence-corrected chi connectivity index (χ4v) is 2.71. The number of aliphatic hydroxyl groups is 1. The van der Waals surface area contributed by atoms with Gasteiger partial charge in [-0.25, -0.2) is 0 Å². The van der Waals surface area contributed by atoms with E-state index in [4.69, 9.17) is 0 Å². The molecule has 0 atom stereocenters. The molecule has 0 saturated heterocycles. The van der Waals surface area contributed by atoms with Crippen molar-refractivity contribution < 1.29 is 5.11 Å². The van der Waals surface area contributed by atoms with Gasteiger partial charge in [-0.15, -0.1) is 5.92 Å². The van der Waals surface area contributed by atoms with E-state index < -0.39 is 5.60 Å². The molecule has 0 aliphatic heterocycles. The molecule has 1 aliphatic rings. The zero-order valence-electron chi connectivity index (χ0n) is 10.3. The number of rotatable bonds is 1. The van der Waals surface area contributed by atoms with Gasteiger partial charge in [0.15, 0.2) is 0 Å². The highest BCUT2D eigenvalue weighted by Gasteiger charge is 2.40. The largest absolute Gasteiger partial charge is 0.379 e. The van der Waals surface area contributed by atoms with Crippen LogP contribution in [0.15, 0.2) is 48.5 Å². The Morgan fingerprint density at radius 3 is 1.94 bits per heavy atom. The Balaban J connectivity index is 2.28. The topological polar surface area (TPSA) is 20.2 Å². The van der Waals surface area contributed by atoms with Crippen LogP contribution in [0.5, 0.6) is 0 Å². The summed E-state index contributed by atoms with van der Waals surface area (Å²) in [5.41, 5.74) is 3.21. The lowest BCUT2D eigenvalue weighted by molar-refractivity contribution is 0.0914. The predicted molar refractivity (Wildman–Crippen MR) is 72.9 cm³/mol. The van der Waals surface area contributed by atoms with E-state index in [9.17, 15) is 5.11 Å².